The minimum atomic E-state index is -0.446. The van der Waals surface area contributed by atoms with Crippen LogP contribution in [0.5, 0.6) is 11.5 Å². The Labute approximate surface area is 159 Å². The molecule has 0 bridgehead atoms. The minimum Gasteiger partial charge on any atom is -0.497 e. The zero-order valence-corrected chi connectivity index (χ0v) is 15.5. The molecule has 2 N–H and O–H groups in total. The molecule has 0 radical (unpaired) electrons. The predicted octanol–water partition coefficient (Wildman–Crippen LogP) is 2.89. The third-order valence-corrected chi connectivity index (χ3v) is 3.70. The fourth-order valence-corrected chi connectivity index (χ4v) is 2.29. The van der Waals surface area contributed by atoms with E-state index < -0.39 is 11.8 Å². The SMILES string of the molecule is CCCc1ccc(OCC(=O)NNC(=O)C=Cc2ccc(OC)cc2)cc1. The maximum Gasteiger partial charge on any atom is 0.276 e. The molecule has 0 aliphatic carbocycles. The van der Waals surface area contributed by atoms with Crippen molar-refractivity contribution in [3.63, 3.8) is 0 Å². The maximum atomic E-state index is 11.7. The summed E-state index contributed by atoms with van der Waals surface area (Å²) in [7, 11) is 1.59. The first-order valence-corrected chi connectivity index (χ1v) is 8.73. The smallest absolute Gasteiger partial charge is 0.276 e. The number of carbonyl (C=O) groups is 2. The summed E-state index contributed by atoms with van der Waals surface area (Å²) in [6.45, 7) is 1.94. The summed E-state index contributed by atoms with van der Waals surface area (Å²) in [6, 6.07) is 14.8. The molecule has 0 unspecified atom stereocenters. The summed E-state index contributed by atoms with van der Waals surface area (Å²) in [5.41, 5.74) is 6.68. The van der Waals surface area contributed by atoms with Gasteiger partial charge < -0.3 is 9.47 Å². The van der Waals surface area contributed by atoms with Crippen LogP contribution >= 0.6 is 0 Å². The maximum absolute atomic E-state index is 11.7. The van der Waals surface area contributed by atoms with Crippen molar-refractivity contribution in [3.05, 3.63) is 65.7 Å². The summed E-state index contributed by atoms with van der Waals surface area (Å²) in [4.78, 5) is 23.5. The Morgan fingerprint density at radius 2 is 1.63 bits per heavy atom. The van der Waals surface area contributed by atoms with E-state index in [0.29, 0.717) is 5.75 Å². The average molecular weight is 368 g/mol. The van der Waals surface area contributed by atoms with Gasteiger partial charge in [0.05, 0.1) is 7.11 Å². The molecule has 2 amide bonds. The fraction of sp³-hybridized carbons (Fsp3) is 0.238. The lowest BCUT2D eigenvalue weighted by Gasteiger charge is -2.08. The van der Waals surface area contributed by atoms with Crippen LogP contribution in [0.25, 0.3) is 6.08 Å². The lowest BCUT2D eigenvalue weighted by atomic mass is 10.1. The largest absolute Gasteiger partial charge is 0.497 e. The molecule has 0 saturated heterocycles. The van der Waals surface area contributed by atoms with Gasteiger partial charge in [0.2, 0.25) is 0 Å². The number of benzene rings is 2. The second-order valence-corrected chi connectivity index (χ2v) is 5.83. The molecule has 2 aromatic rings. The second-order valence-electron chi connectivity index (χ2n) is 5.83. The van der Waals surface area contributed by atoms with Gasteiger partial charge in [0.25, 0.3) is 11.8 Å². The molecule has 0 heterocycles. The van der Waals surface area contributed by atoms with E-state index in [0.717, 1.165) is 24.2 Å². The third-order valence-electron chi connectivity index (χ3n) is 3.70. The quantitative estimate of drug-likeness (QED) is 0.555. The average Bonchev–Trinajstić information content (AvgIpc) is 2.70. The van der Waals surface area contributed by atoms with Crippen molar-refractivity contribution in [2.75, 3.05) is 13.7 Å². The number of rotatable bonds is 8. The summed E-state index contributed by atoms with van der Waals surface area (Å²) in [5.74, 6) is 0.460. The van der Waals surface area contributed by atoms with Crippen molar-refractivity contribution in [2.45, 2.75) is 19.8 Å². The van der Waals surface area contributed by atoms with E-state index in [2.05, 4.69) is 17.8 Å². The molecule has 142 valence electrons. The van der Waals surface area contributed by atoms with E-state index in [1.54, 1.807) is 25.3 Å². The van der Waals surface area contributed by atoms with Crippen molar-refractivity contribution >= 4 is 17.9 Å². The van der Waals surface area contributed by atoms with Crippen LogP contribution in [0.1, 0.15) is 24.5 Å². The lowest BCUT2D eigenvalue weighted by molar-refractivity contribution is -0.128. The Kier molecular flexibility index (Phi) is 7.91. The van der Waals surface area contributed by atoms with Gasteiger partial charge in [-0.25, -0.2) is 0 Å². The van der Waals surface area contributed by atoms with E-state index in [1.807, 2.05) is 36.4 Å². The molecule has 0 fully saturated rings. The molecule has 0 aromatic heterocycles. The van der Waals surface area contributed by atoms with Gasteiger partial charge in [-0.2, -0.15) is 0 Å². The highest BCUT2D eigenvalue weighted by molar-refractivity contribution is 5.93. The highest BCUT2D eigenvalue weighted by Crippen LogP contribution is 2.13. The molecule has 2 aromatic carbocycles. The van der Waals surface area contributed by atoms with Crippen molar-refractivity contribution in [3.8, 4) is 11.5 Å². The molecule has 27 heavy (non-hydrogen) atoms. The van der Waals surface area contributed by atoms with Gasteiger partial charge in [-0.3, -0.25) is 20.4 Å². The molecule has 2 rings (SSSR count). The molecule has 0 aliphatic heterocycles. The third kappa shape index (κ3) is 7.23. The highest BCUT2D eigenvalue weighted by Gasteiger charge is 2.04. The van der Waals surface area contributed by atoms with Gasteiger partial charge >= 0.3 is 0 Å². The van der Waals surface area contributed by atoms with Crippen LogP contribution in [-0.2, 0) is 16.0 Å². The molecule has 0 saturated carbocycles. The van der Waals surface area contributed by atoms with Gasteiger partial charge in [0, 0.05) is 6.08 Å². The lowest BCUT2D eigenvalue weighted by Crippen LogP contribution is -2.43. The molecular formula is C21H24N2O4. The van der Waals surface area contributed by atoms with Gasteiger partial charge in [-0.15, -0.1) is 0 Å². The van der Waals surface area contributed by atoms with E-state index in [-0.39, 0.29) is 6.61 Å². The number of ether oxygens (including phenoxy) is 2. The van der Waals surface area contributed by atoms with Gasteiger partial charge in [0.1, 0.15) is 11.5 Å². The van der Waals surface area contributed by atoms with Crippen molar-refractivity contribution in [1.29, 1.82) is 0 Å². The zero-order chi connectivity index (χ0) is 19.5. The summed E-state index contributed by atoms with van der Waals surface area (Å²) < 4.78 is 10.5. The molecule has 6 nitrogen and oxygen atoms in total. The van der Waals surface area contributed by atoms with Crippen LogP contribution in [0.3, 0.4) is 0 Å². The summed E-state index contributed by atoms with van der Waals surface area (Å²) in [5, 5.41) is 0. The van der Waals surface area contributed by atoms with Crippen molar-refractivity contribution < 1.29 is 19.1 Å². The fourth-order valence-electron chi connectivity index (χ4n) is 2.29. The van der Waals surface area contributed by atoms with Crippen molar-refractivity contribution in [1.82, 2.24) is 10.9 Å². The van der Waals surface area contributed by atoms with Crippen LogP contribution in [-0.4, -0.2) is 25.5 Å². The van der Waals surface area contributed by atoms with Crippen LogP contribution in [0.15, 0.2) is 54.6 Å². The number of nitrogens with one attached hydrogen (secondary N) is 2. The second kappa shape index (κ2) is 10.7. The Hall–Kier alpha value is -3.28. The molecular weight excluding hydrogens is 344 g/mol. The molecule has 0 aliphatic rings. The normalized spacial score (nSPS) is 10.4. The number of aryl methyl sites for hydroxylation is 1. The molecule has 0 atom stereocenters. The first-order chi connectivity index (χ1) is 13.1. The number of carbonyl (C=O) groups excluding carboxylic acids is 2. The van der Waals surface area contributed by atoms with Crippen molar-refractivity contribution in [2.24, 2.45) is 0 Å². The van der Waals surface area contributed by atoms with Gasteiger partial charge in [0.15, 0.2) is 6.61 Å². The number of hydrogen-bond donors (Lipinski definition) is 2. The molecule has 6 heteroatoms. The van der Waals surface area contributed by atoms with E-state index in [9.17, 15) is 9.59 Å². The first-order valence-electron chi connectivity index (χ1n) is 8.73. The van der Waals surface area contributed by atoms with Crippen LogP contribution < -0.4 is 20.3 Å². The number of amides is 2. The standard InChI is InChI=1S/C21H24N2O4/c1-3-4-16-7-12-19(13-8-16)27-15-21(25)23-22-20(24)14-9-17-5-10-18(26-2)11-6-17/h5-14H,3-4,15H2,1-2H3,(H,22,24)(H,23,25). The number of hydrogen-bond acceptors (Lipinski definition) is 4. The monoisotopic (exact) mass is 368 g/mol. The number of hydrazine groups is 1. The molecule has 0 spiro atoms. The van der Waals surface area contributed by atoms with Crippen LogP contribution in [0.2, 0.25) is 0 Å². The van der Waals surface area contributed by atoms with Crippen LogP contribution in [0.4, 0.5) is 0 Å². The Bertz CT molecular complexity index is 768. The summed E-state index contributed by atoms with van der Waals surface area (Å²) >= 11 is 0. The minimum absolute atomic E-state index is 0.185. The number of methoxy groups -OCH3 is 1. The van der Waals surface area contributed by atoms with E-state index in [4.69, 9.17) is 9.47 Å². The summed E-state index contributed by atoms with van der Waals surface area (Å²) in [6.07, 6.45) is 5.05. The van der Waals surface area contributed by atoms with Crippen LogP contribution in [0, 0.1) is 0 Å². The Morgan fingerprint density at radius 1 is 0.963 bits per heavy atom. The highest BCUT2D eigenvalue weighted by atomic mass is 16.5. The zero-order valence-electron chi connectivity index (χ0n) is 15.5. The van der Waals surface area contributed by atoms with Gasteiger partial charge in [-0.1, -0.05) is 37.6 Å². The first kappa shape index (κ1) is 20.0. The predicted molar refractivity (Wildman–Crippen MR) is 104 cm³/mol. The topological polar surface area (TPSA) is 76.7 Å². The Morgan fingerprint density at radius 3 is 2.26 bits per heavy atom. The van der Waals surface area contributed by atoms with Gasteiger partial charge in [-0.05, 0) is 47.9 Å². The van der Waals surface area contributed by atoms with E-state index in [1.165, 1.54) is 11.6 Å². The van der Waals surface area contributed by atoms with E-state index >= 15 is 0 Å². The Balaban J connectivity index is 1.70.